The summed E-state index contributed by atoms with van der Waals surface area (Å²) in [6, 6.07) is 8.85. The molecule has 1 aromatic heterocycles. The fourth-order valence-corrected chi connectivity index (χ4v) is 4.45. The van der Waals surface area contributed by atoms with E-state index in [0.29, 0.717) is 31.0 Å². The molecular weight excluding hydrogens is 326 g/mol. The molecule has 0 bridgehead atoms. The molecule has 0 fully saturated rings. The van der Waals surface area contributed by atoms with Crippen LogP contribution in [0.4, 0.5) is 5.69 Å². The average molecular weight is 347 g/mol. The molecule has 24 heavy (non-hydrogen) atoms. The van der Waals surface area contributed by atoms with Gasteiger partial charge in [0.1, 0.15) is 10.6 Å². The number of nitrogens with one attached hydrogen (secondary N) is 1. The molecule has 0 radical (unpaired) electrons. The number of nitrogens with zero attached hydrogens (tertiary/aromatic N) is 2. The van der Waals surface area contributed by atoms with Gasteiger partial charge >= 0.3 is 0 Å². The van der Waals surface area contributed by atoms with Crippen LogP contribution in [0.5, 0.6) is 0 Å². The van der Waals surface area contributed by atoms with Crippen molar-refractivity contribution in [2.75, 3.05) is 17.4 Å². The van der Waals surface area contributed by atoms with Gasteiger partial charge in [-0.2, -0.15) is 0 Å². The molecular formula is C17H21N3O3S. The monoisotopic (exact) mass is 347 g/mol. The fourth-order valence-electron chi connectivity index (χ4n) is 2.94. The number of fused-ring (bicyclic) bond motifs is 1. The zero-order chi connectivity index (χ0) is 17.3. The van der Waals surface area contributed by atoms with E-state index in [0.717, 1.165) is 12.0 Å². The smallest absolute Gasteiger partial charge is 0.267 e. The molecule has 7 heteroatoms. The largest absolute Gasteiger partial charge is 0.351 e. The zero-order valence-electron chi connectivity index (χ0n) is 13.8. The van der Waals surface area contributed by atoms with Crippen LogP contribution in [-0.2, 0) is 16.6 Å². The lowest BCUT2D eigenvalue weighted by Crippen LogP contribution is -2.30. The standard InChI is InChI=1S/C17H21N3O3S/c1-3-20(14-7-4-6-13(2)10-14)24(22,23)15-11-16-17(21)18-8-5-9-19(16)12-15/h4,6-7,10-12H,3,5,8-9H2,1-2H3,(H,18,21). The van der Waals surface area contributed by atoms with Crippen molar-refractivity contribution in [3.8, 4) is 0 Å². The van der Waals surface area contributed by atoms with Gasteiger partial charge in [-0.05, 0) is 44.0 Å². The highest BCUT2D eigenvalue weighted by Crippen LogP contribution is 2.26. The number of carbonyl (C=O) groups excluding carboxylic acids is 1. The predicted octanol–water partition coefficient (Wildman–Crippen LogP) is 2.15. The number of sulfonamides is 1. The molecule has 1 N–H and O–H groups in total. The highest BCUT2D eigenvalue weighted by Gasteiger charge is 2.28. The van der Waals surface area contributed by atoms with E-state index in [1.54, 1.807) is 23.8 Å². The number of benzene rings is 1. The van der Waals surface area contributed by atoms with Crippen LogP contribution in [-0.4, -0.2) is 32.0 Å². The summed E-state index contributed by atoms with van der Waals surface area (Å²) in [6.45, 7) is 5.27. The van der Waals surface area contributed by atoms with Gasteiger partial charge in [0.05, 0.1) is 5.69 Å². The summed E-state index contributed by atoms with van der Waals surface area (Å²) in [5.41, 5.74) is 2.02. The van der Waals surface area contributed by atoms with Crippen LogP contribution in [0, 0.1) is 6.92 Å². The summed E-state index contributed by atoms with van der Waals surface area (Å²) in [5, 5.41) is 2.78. The molecule has 0 saturated heterocycles. The summed E-state index contributed by atoms with van der Waals surface area (Å²) >= 11 is 0. The SMILES string of the molecule is CCN(c1cccc(C)c1)S(=O)(=O)c1cc2n(c1)CCCNC2=O. The van der Waals surface area contributed by atoms with Crippen LogP contribution >= 0.6 is 0 Å². The van der Waals surface area contributed by atoms with Crippen molar-refractivity contribution in [2.24, 2.45) is 0 Å². The third-order valence-corrected chi connectivity index (χ3v) is 6.00. The summed E-state index contributed by atoms with van der Waals surface area (Å²) in [6.07, 6.45) is 2.34. The molecule has 0 spiro atoms. The molecule has 0 unspecified atom stereocenters. The molecule has 1 aliphatic heterocycles. The van der Waals surface area contributed by atoms with Gasteiger partial charge in [-0.1, -0.05) is 12.1 Å². The number of carbonyl (C=O) groups is 1. The minimum absolute atomic E-state index is 0.151. The first-order valence-electron chi connectivity index (χ1n) is 8.01. The molecule has 1 amide bonds. The van der Waals surface area contributed by atoms with E-state index in [2.05, 4.69) is 5.32 Å². The van der Waals surface area contributed by atoms with Gasteiger partial charge in [0, 0.05) is 25.8 Å². The molecule has 0 aliphatic carbocycles. The van der Waals surface area contributed by atoms with E-state index in [1.165, 1.54) is 10.4 Å². The first-order chi connectivity index (χ1) is 11.4. The maximum absolute atomic E-state index is 13.1. The van der Waals surface area contributed by atoms with Crippen LogP contribution in [0.3, 0.4) is 0 Å². The Labute approximate surface area is 142 Å². The summed E-state index contributed by atoms with van der Waals surface area (Å²) < 4.78 is 29.2. The normalized spacial score (nSPS) is 14.7. The Balaban J connectivity index is 2.04. The zero-order valence-corrected chi connectivity index (χ0v) is 14.6. The third-order valence-electron chi connectivity index (χ3n) is 4.13. The number of aryl methyl sites for hydroxylation is 2. The quantitative estimate of drug-likeness (QED) is 0.921. The summed E-state index contributed by atoms with van der Waals surface area (Å²) in [5.74, 6) is -0.229. The molecule has 2 heterocycles. The van der Waals surface area contributed by atoms with Crippen molar-refractivity contribution in [2.45, 2.75) is 31.7 Å². The van der Waals surface area contributed by atoms with E-state index in [1.807, 2.05) is 25.1 Å². The summed E-state index contributed by atoms with van der Waals surface area (Å²) in [4.78, 5) is 12.2. The minimum Gasteiger partial charge on any atom is -0.351 e. The van der Waals surface area contributed by atoms with E-state index < -0.39 is 10.0 Å². The summed E-state index contributed by atoms with van der Waals surface area (Å²) in [7, 11) is -3.72. The first-order valence-corrected chi connectivity index (χ1v) is 9.45. The van der Waals surface area contributed by atoms with Gasteiger partial charge in [-0.25, -0.2) is 8.42 Å². The van der Waals surface area contributed by atoms with Gasteiger partial charge < -0.3 is 9.88 Å². The number of aromatic nitrogens is 1. The van der Waals surface area contributed by atoms with Crippen molar-refractivity contribution in [3.63, 3.8) is 0 Å². The van der Waals surface area contributed by atoms with Crippen LogP contribution < -0.4 is 9.62 Å². The Morgan fingerprint density at radius 3 is 2.79 bits per heavy atom. The van der Waals surface area contributed by atoms with Crippen LogP contribution in [0.25, 0.3) is 0 Å². The van der Waals surface area contributed by atoms with E-state index >= 15 is 0 Å². The van der Waals surface area contributed by atoms with Crippen LogP contribution in [0.2, 0.25) is 0 Å². The molecule has 1 aromatic carbocycles. The predicted molar refractivity (Wildman–Crippen MR) is 92.8 cm³/mol. The van der Waals surface area contributed by atoms with Crippen molar-refractivity contribution in [1.29, 1.82) is 0 Å². The van der Waals surface area contributed by atoms with E-state index in [4.69, 9.17) is 0 Å². The van der Waals surface area contributed by atoms with Crippen molar-refractivity contribution in [3.05, 3.63) is 47.8 Å². The van der Waals surface area contributed by atoms with E-state index in [-0.39, 0.29) is 10.8 Å². The van der Waals surface area contributed by atoms with Crippen molar-refractivity contribution in [1.82, 2.24) is 9.88 Å². The minimum atomic E-state index is -3.72. The van der Waals surface area contributed by atoms with Gasteiger partial charge in [0.15, 0.2) is 0 Å². The fraction of sp³-hybridized carbons (Fsp3) is 0.353. The second-order valence-corrected chi connectivity index (χ2v) is 7.74. The Morgan fingerprint density at radius 2 is 2.08 bits per heavy atom. The van der Waals surface area contributed by atoms with Gasteiger partial charge in [0.25, 0.3) is 15.9 Å². The second kappa shape index (κ2) is 6.32. The average Bonchev–Trinajstić information content (AvgIpc) is 2.90. The number of rotatable bonds is 4. The molecule has 0 atom stereocenters. The number of anilines is 1. The lowest BCUT2D eigenvalue weighted by molar-refractivity contribution is 0.0951. The highest BCUT2D eigenvalue weighted by atomic mass is 32.2. The lowest BCUT2D eigenvalue weighted by Gasteiger charge is -2.22. The van der Waals surface area contributed by atoms with E-state index in [9.17, 15) is 13.2 Å². The number of hydrogen-bond acceptors (Lipinski definition) is 3. The van der Waals surface area contributed by atoms with Crippen LogP contribution in [0.1, 0.15) is 29.4 Å². The maximum Gasteiger partial charge on any atom is 0.267 e. The Hall–Kier alpha value is -2.28. The molecule has 128 valence electrons. The van der Waals surface area contributed by atoms with Gasteiger partial charge in [0.2, 0.25) is 0 Å². The van der Waals surface area contributed by atoms with Crippen molar-refractivity contribution < 1.29 is 13.2 Å². The molecule has 1 aliphatic rings. The first kappa shape index (κ1) is 16.6. The molecule has 3 rings (SSSR count). The number of hydrogen-bond donors (Lipinski definition) is 1. The lowest BCUT2D eigenvalue weighted by atomic mass is 10.2. The van der Waals surface area contributed by atoms with Crippen LogP contribution in [0.15, 0.2) is 41.4 Å². The number of amides is 1. The second-order valence-electron chi connectivity index (χ2n) is 5.87. The molecule has 6 nitrogen and oxygen atoms in total. The molecule has 2 aromatic rings. The van der Waals surface area contributed by atoms with Crippen molar-refractivity contribution >= 4 is 21.6 Å². The van der Waals surface area contributed by atoms with Gasteiger partial charge in [-0.15, -0.1) is 0 Å². The van der Waals surface area contributed by atoms with Gasteiger partial charge in [-0.3, -0.25) is 9.10 Å². The Morgan fingerprint density at radius 1 is 1.29 bits per heavy atom. The maximum atomic E-state index is 13.1. The third kappa shape index (κ3) is 2.91. The Kier molecular flexibility index (Phi) is 4.36. The topological polar surface area (TPSA) is 71.4 Å². The Bertz CT molecular complexity index is 871. The molecule has 0 saturated carbocycles. The highest BCUT2D eigenvalue weighted by molar-refractivity contribution is 7.92.